The lowest BCUT2D eigenvalue weighted by Gasteiger charge is -2.44. The van der Waals surface area contributed by atoms with Crippen molar-refractivity contribution < 1.29 is 9.47 Å². The van der Waals surface area contributed by atoms with E-state index < -0.39 is 0 Å². The van der Waals surface area contributed by atoms with Gasteiger partial charge in [0.15, 0.2) is 0 Å². The highest BCUT2D eigenvalue weighted by molar-refractivity contribution is 4.87. The highest BCUT2D eigenvalue weighted by atomic mass is 16.5. The molecule has 5 heteroatoms. The van der Waals surface area contributed by atoms with Crippen LogP contribution in [0.5, 0.6) is 0 Å². The molecule has 0 aromatic rings. The third-order valence-corrected chi connectivity index (χ3v) is 4.02. The van der Waals surface area contributed by atoms with Crippen molar-refractivity contribution >= 4 is 0 Å². The van der Waals surface area contributed by atoms with Crippen LogP contribution in [0.4, 0.5) is 0 Å². The summed E-state index contributed by atoms with van der Waals surface area (Å²) in [5.74, 6) is 0. The number of ether oxygens (including phenoxy) is 2. The van der Waals surface area contributed by atoms with Crippen LogP contribution >= 0.6 is 0 Å². The van der Waals surface area contributed by atoms with Crippen LogP contribution in [0.15, 0.2) is 0 Å². The van der Waals surface area contributed by atoms with Crippen LogP contribution in [0.1, 0.15) is 20.3 Å². The van der Waals surface area contributed by atoms with Gasteiger partial charge in [0.2, 0.25) is 0 Å². The highest BCUT2D eigenvalue weighted by Crippen LogP contribution is 2.17. The van der Waals surface area contributed by atoms with Crippen LogP contribution in [0.25, 0.3) is 0 Å². The van der Waals surface area contributed by atoms with Crippen LogP contribution in [0.3, 0.4) is 0 Å². The molecule has 20 heavy (non-hydrogen) atoms. The molecule has 0 bridgehead atoms. The van der Waals surface area contributed by atoms with E-state index in [0.717, 1.165) is 65.4 Å². The van der Waals surface area contributed by atoms with Crippen molar-refractivity contribution in [3.8, 4) is 0 Å². The Labute approximate surface area is 124 Å². The predicted molar refractivity (Wildman–Crippen MR) is 83.3 cm³/mol. The third-order valence-electron chi connectivity index (χ3n) is 4.02. The van der Waals surface area contributed by atoms with Crippen LogP contribution in [-0.2, 0) is 9.47 Å². The molecule has 1 heterocycles. The number of methoxy groups -OCH3 is 2. The van der Waals surface area contributed by atoms with Crippen molar-refractivity contribution in [2.45, 2.75) is 25.8 Å². The molecule has 0 amide bonds. The molecule has 1 N–H and O–H groups in total. The van der Waals surface area contributed by atoms with Gasteiger partial charge in [-0.05, 0) is 20.3 Å². The second-order valence-corrected chi connectivity index (χ2v) is 6.16. The van der Waals surface area contributed by atoms with Crippen LogP contribution in [0.2, 0.25) is 0 Å². The van der Waals surface area contributed by atoms with Gasteiger partial charge < -0.3 is 14.8 Å². The van der Waals surface area contributed by atoms with Crippen molar-refractivity contribution in [3.63, 3.8) is 0 Å². The Morgan fingerprint density at radius 2 is 1.70 bits per heavy atom. The number of hydrogen-bond acceptors (Lipinski definition) is 5. The Kier molecular flexibility index (Phi) is 8.64. The molecule has 5 nitrogen and oxygen atoms in total. The van der Waals surface area contributed by atoms with Crippen LogP contribution < -0.4 is 5.32 Å². The fraction of sp³-hybridized carbons (Fsp3) is 1.00. The summed E-state index contributed by atoms with van der Waals surface area (Å²) < 4.78 is 10.4. The molecule has 1 aliphatic heterocycles. The first-order chi connectivity index (χ1) is 9.60. The maximum absolute atomic E-state index is 5.24. The Morgan fingerprint density at radius 1 is 1.05 bits per heavy atom. The van der Waals surface area contributed by atoms with Gasteiger partial charge in [0.25, 0.3) is 0 Å². The summed E-state index contributed by atoms with van der Waals surface area (Å²) in [6, 6.07) is 0. The first-order valence-electron chi connectivity index (χ1n) is 7.76. The molecule has 0 aromatic carbocycles. The molecule has 0 spiro atoms. The summed E-state index contributed by atoms with van der Waals surface area (Å²) >= 11 is 0. The largest absolute Gasteiger partial charge is 0.385 e. The summed E-state index contributed by atoms with van der Waals surface area (Å²) in [5, 5.41) is 3.42. The lowest BCUT2D eigenvalue weighted by atomic mass is 10.0. The minimum Gasteiger partial charge on any atom is -0.385 e. The molecule has 0 atom stereocenters. The number of piperazine rings is 1. The number of nitrogens with one attached hydrogen (secondary N) is 1. The van der Waals surface area contributed by atoms with Crippen molar-refractivity contribution in [1.82, 2.24) is 15.1 Å². The second-order valence-electron chi connectivity index (χ2n) is 6.16. The Hall–Kier alpha value is -0.200. The zero-order valence-electron chi connectivity index (χ0n) is 13.8. The van der Waals surface area contributed by atoms with Gasteiger partial charge in [-0.1, -0.05) is 0 Å². The Morgan fingerprint density at radius 3 is 2.30 bits per heavy atom. The molecule has 0 aromatic heterocycles. The SMILES string of the molecule is COCCCN(CCOC)CC(C)(C)N1CCNCC1. The zero-order chi connectivity index (χ0) is 14.8. The van der Waals surface area contributed by atoms with Gasteiger partial charge in [-0.25, -0.2) is 0 Å². The minimum atomic E-state index is 0.211. The predicted octanol–water partition coefficient (Wildman–Crippen LogP) is 0.655. The van der Waals surface area contributed by atoms with E-state index in [1.807, 2.05) is 0 Å². The van der Waals surface area contributed by atoms with E-state index in [1.54, 1.807) is 14.2 Å². The zero-order valence-corrected chi connectivity index (χ0v) is 13.8. The van der Waals surface area contributed by atoms with Crippen LogP contribution in [-0.4, -0.2) is 88.6 Å². The molecule has 1 saturated heterocycles. The minimum absolute atomic E-state index is 0.211. The van der Waals surface area contributed by atoms with Crippen molar-refractivity contribution in [2.75, 3.05) is 73.2 Å². The maximum Gasteiger partial charge on any atom is 0.0589 e. The van der Waals surface area contributed by atoms with Gasteiger partial charge in [-0.3, -0.25) is 9.80 Å². The maximum atomic E-state index is 5.24. The van der Waals surface area contributed by atoms with E-state index >= 15 is 0 Å². The summed E-state index contributed by atoms with van der Waals surface area (Å²) in [7, 11) is 3.54. The van der Waals surface area contributed by atoms with E-state index in [-0.39, 0.29) is 5.54 Å². The molecular formula is C15H33N3O2. The van der Waals surface area contributed by atoms with Crippen molar-refractivity contribution in [2.24, 2.45) is 0 Å². The van der Waals surface area contributed by atoms with E-state index in [9.17, 15) is 0 Å². The normalized spacial score (nSPS) is 17.9. The smallest absolute Gasteiger partial charge is 0.0589 e. The van der Waals surface area contributed by atoms with Gasteiger partial charge in [0, 0.05) is 72.2 Å². The van der Waals surface area contributed by atoms with Gasteiger partial charge in [0.05, 0.1) is 6.61 Å². The molecule has 0 unspecified atom stereocenters. The van der Waals surface area contributed by atoms with Gasteiger partial charge in [-0.15, -0.1) is 0 Å². The van der Waals surface area contributed by atoms with Crippen LogP contribution in [0, 0.1) is 0 Å². The van der Waals surface area contributed by atoms with Gasteiger partial charge in [-0.2, -0.15) is 0 Å². The monoisotopic (exact) mass is 287 g/mol. The van der Waals surface area contributed by atoms with Gasteiger partial charge >= 0.3 is 0 Å². The molecule has 0 saturated carbocycles. The van der Waals surface area contributed by atoms with Crippen molar-refractivity contribution in [1.29, 1.82) is 0 Å². The van der Waals surface area contributed by atoms with E-state index in [4.69, 9.17) is 9.47 Å². The average Bonchev–Trinajstić information content (AvgIpc) is 2.45. The molecule has 1 rings (SSSR count). The fourth-order valence-corrected chi connectivity index (χ4v) is 2.84. The Bertz CT molecular complexity index is 243. The third kappa shape index (κ3) is 6.50. The van der Waals surface area contributed by atoms with E-state index in [0.29, 0.717) is 0 Å². The molecule has 120 valence electrons. The molecule has 0 aliphatic carbocycles. The first kappa shape index (κ1) is 17.9. The van der Waals surface area contributed by atoms with Crippen molar-refractivity contribution in [3.05, 3.63) is 0 Å². The summed E-state index contributed by atoms with van der Waals surface area (Å²) in [5.41, 5.74) is 0.211. The van der Waals surface area contributed by atoms with Gasteiger partial charge in [0.1, 0.15) is 0 Å². The second kappa shape index (κ2) is 9.68. The van der Waals surface area contributed by atoms with E-state index in [2.05, 4.69) is 29.0 Å². The number of nitrogens with zero attached hydrogens (tertiary/aromatic N) is 2. The van der Waals surface area contributed by atoms with E-state index in [1.165, 1.54) is 0 Å². The highest BCUT2D eigenvalue weighted by Gasteiger charge is 2.29. The molecule has 0 radical (unpaired) electrons. The summed E-state index contributed by atoms with van der Waals surface area (Å²) in [6.45, 7) is 14.0. The molecule has 1 fully saturated rings. The topological polar surface area (TPSA) is 37.0 Å². The lowest BCUT2D eigenvalue weighted by molar-refractivity contribution is 0.0487. The lowest BCUT2D eigenvalue weighted by Crippen LogP contribution is -2.58. The summed E-state index contributed by atoms with van der Waals surface area (Å²) in [6.07, 6.45) is 1.08. The standard InChI is InChI=1S/C15H33N3O2/c1-15(2,18-9-6-16-7-10-18)14-17(11-13-20-4)8-5-12-19-3/h16H,5-14H2,1-4H3. The number of rotatable bonds is 10. The molecular weight excluding hydrogens is 254 g/mol. The first-order valence-corrected chi connectivity index (χ1v) is 7.76. The molecule has 1 aliphatic rings. The number of hydrogen-bond donors (Lipinski definition) is 1. The summed E-state index contributed by atoms with van der Waals surface area (Å²) in [4.78, 5) is 5.10. The average molecular weight is 287 g/mol. The Balaban J connectivity index is 2.46. The quantitative estimate of drug-likeness (QED) is 0.597. The fourth-order valence-electron chi connectivity index (χ4n) is 2.84.